The summed E-state index contributed by atoms with van der Waals surface area (Å²) in [6.07, 6.45) is 0. The minimum Gasteiger partial charge on any atom is -0.378 e. The molecule has 7 heteroatoms. The molecule has 19 heavy (non-hydrogen) atoms. The molecule has 0 aliphatic carbocycles. The molecule has 0 N–H and O–H groups in total. The van der Waals surface area contributed by atoms with Crippen molar-refractivity contribution in [1.82, 2.24) is 9.97 Å². The lowest BCUT2D eigenvalue weighted by Gasteiger charge is -2.09. The second-order valence-corrected chi connectivity index (χ2v) is 5.95. The van der Waals surface area contributed by atoms with Crippen molar-refractivity contribution in [3.8, 4) is 11.4 Å². The van der Waals surface area contributed by atoms with E-state index in [-0.39, 0.29) is 5.82 Å². The number of aromatic nitrogens is 2. The molecule has 0 fully saturated rings. The van der Waals surface area contributed by atoms with E-state index in [0.29, 0.717) is 33.3 Å². The summed E-state index contributed by atoms with van der Waals surface area (Å²) >= 11 is 11.4. The number of hydrogen-bond donors (Lipinski definition) is 0. The van der Waals surface area contributed by atoms with Crippen LogP contribution in [-0.4, -0.2) is 17.1 Å². The quantitative estimate of drug-likeness (QED) is 0.505. The summed E-state index contributed by atoms with van der Waals surface area (Å²) in [5.74, 6) is 0.105. The molecular weight excluding hydrogens is 449 g/mol. The van der Waals surface area contributed by atoms with Crippen LogP contribution >= 0.6 is 50.1 Å². The fourth-order valence-electron chi connectivity index (χ4n) is 1.49. The number of rotatable bonds is 3. The van der Waals surface area contributed by atoms with Crippen molar-refractivity contribution in [2.45, 2.75) is 6.61 Å². The average Bonchev–Trinajstić information content (AvgIpc) is 2.35. The molecule has 0 spiro atoms. The van der Waals surface area contributed by atoms with E-state index in [2.05, 4.69) is 48.5 Å². The molecule has 0 aliphatic rings. The number of benzene rings is 1. The summed E-state index contributed by atoms with van der Waals surface area (Å²) in [6, 6.07) is 4.32. The van der Waals surface area contributed by atoms with Gasteiger partial charge in [-0.15, -0.1) is 0 Å². The van der Waals surface area contributed by atoms with Crippen LogP contribution in [0.15, 0.2) is 22.7 Å². The molecule has 0 saturated heterocycles. The molecule has 2 rings (SSSR count). The van der Waals surface area contributed by atoms with Crippen LogP contribution in [-0.2, 0) is 11.3 Å². The Kier molecular flexibility index (Phi) is 5.10. The van der Waals surface area contributed by atoms with Crippen LogP contribution < -0.4 is 0 Å². The smallest absolute Gasteiger partial charge is 0.162 e. The second kappa shape index (κ2) is 6.43. The maximum Gasteiger partial charge on any atom is 0.162 e. The SMILES string of the molecule is COCc1nc(-c2ccc(F)cc2Br)nc(Cl)c1I. The fraction of sp³-hybridized carbons (Fsp3) is 0.167. The lowest BCUT2D eigenvalue weighted by molar-refractivity contribution is 0.181. The maximum absolute atomic E-state index is 13.1. The van der Waals surface area contributed by atoms with Gasteiger partial charge in [-0.3, -0.25) is 0 Å². The number of ether oxygens (including phenoxy) is 1. The summed E-state index contributed by atoms with van der Waals surface area (Å²) in [6.45, 7) is 0.340. The van der Waals surface area contributed by atoms with Gasteiger partial charge < -0.3 is 4.74 Å². The Morgan fingerprint density at radius 2 is 2.16 bits per heavy atom. The minimum atomic E-state index is -0.329. The van der Waals surface area contributed by atoms with Gasteiger partial charge in [0, 0.05) is 17.1 Å². The molecule has 0 aliphatic heterocycles. The van der Waals surface area contributed by atoms with Crippen molar-refractivity contribution in [2.24, 2.45) is 0 Å². The van der Waals surface area contributed by atoms with Crippen molar-refractivity contribution in [1.29, 1.82) is 0 Å². The van der Waals surface area contributed by atoms with Gasteiger partial charge in [-0.2, -0.15) is 0 Å². The Morgan fingerprint density at radius 1 is 1.42 bits per heavy atom. The first kappa shape index (κ1) is 15.1. The number of halogens is 4. The predicted molar refractivity (Wildman–Crippen MR) is 83.6 cm³/mol. The number of methoxy groups -OCH3 is 1. The summed E-state index contributed by atoms with van der Waals surface area (Å²) in [5.41, 5.74) is 1.38. The largest absolute Gasteiger partial charge is 0.378 e. The summed E-state index contributed by atoms with van der Waals surface area (Å²) in [5, 5.41) is 0.355. The molecule has 0 radical (unpaired) electrons. The third-order valence-electron chi connectivity index (χ3n) is 2.33. The molecule has 0 saturated carbocycles. The molecule has 0 bridgehead atoms. The molecule has 0 amide bonds. The van der Waals surface area contributed by atoms with Crippen molar-refractivity contribution in [3.63, 3.8) is 0 Å². The van der Waals surface area contributed by atoms with Crippen molar-refractivity contribution < 1.29 is 9.13 Å². The molecule has 100 valence electrons. The van der Waals surface area contributed by atoms with Gasteiger partial charge >= 0.3 is 0 Å². The summed E-state index contributed by atoms with van der Waals surface area (Å²) < 4.78 is 19.5. The Bertz CT molecular complexity index is 627. The standard InChI is InChI=1S/C12H8BrClFIN2O/c1-19-5-9-10(16)11(14)18-12(17-9)7-3-2-6(15)4-8(7)13/h2-4H,5H2,1H3. The molecule has 1 heterocycles. The van der Waals surface area contributed by atoms with E-state index >= 15 is 0 Å². The molecule has 3 nitrogen and oxygen atoms in total. The third-order valence-corrected chi connectivity index (χ3v) is 4.71. The van der Waals surface area contributed by atoms with Gasteiger partial charge in [0.15, 0.2) is 5.82 Å². The summed E-state index contributed by atoms with van der Waals surface area (Å²) in [4.78, 5) is 8.62. The molecule has 0 atom stereocenters. The first-order valence-corrected chi connectivity index (χ1v) is 7.44. The maximum atomic E-state index is 13.1. The highest BCUT2D eigenvalue weighted by atomic mass is 127. The van der Waals surface area contributed by atoms with E-state index in [9.17, 15) is 4.39 Å². The zero-order valence-electron chi connectivity index (χ0n) is 9.75. The summed E-state index contributed by atoms with van der Waals surface area (Å²) in [7, 11) is 1.58. The zero-order valence-corrected chi connectivity index (χ0v) is 14.3. The lowest BCUT2D eigenvalue weighted by Crippen LogP contribution is -2.02. The highest BCUT2D eigenvalue weighted by Gasteiger charge is 2.14. The van der Waals surface area contributed by atoms with E-state index in [1.54, 1.807) is 13.2 Å². The van der Waals surface area contributed by atoms with Gasteiger partial charge in [-0.05, 0) is 56.7 Å². The topological polar surface area (TPSA) is 35.0 Å². The first-order chi connectivity index (χ1) is 9.02. The first-order valence-electron chi connectivity index (χ1n) is 5.19. The van der Waals surface area contributed by atoms with Gasteiger partial charge in [0.1, 0.15) is 11.0 Å². The van der Waals surface area contributed by atoms with Crippen LogP contribution in [0, 0.1) is 9.39 Å². The average molecular weight is 457 g/mol. The van der Waals surface area contributed by atoms with Crippen LogP contribution in [0.4, 0.5) is 4.39 Å². The molecule has 1 aromatic heterocycles. The molecule has 2 aromatic rings. The molecule has 1 aromatic carbocycles. The van der Waals surface area contributed by atoms with Crippen LogP contribution in [0.2, 0.25) is 5.15 Å². The lowest BCUT2D eigenvalue weighted by atomic mass is 10.2. The van der Waals surface area contributed by atoms with Crippen molar-refractivity contribution in [3.05, 3.63) is 42.9 Å². The van der Waals surface area contributed by atoms with Gasteiger partial charge in [-0.25, -0.2) is 14.4 Å². The predicted octanol–water partition coefficient (Wildman–Crippen LogP) is 4.45. The van der Waals surface area contributed by atoms with Gasteiger partial charge in [0.25, 0.3) is 0 Å². The fourth-order valence-corrected chi connectivity index (χ4v) is 2.60. The van der Waals surface area contributed by atoms with E-state index in [0.717, 1.165) is 3.57 Å². The van der Waals surface area contributed by atoms with Crippen molar-refractivity contribution >= 4 is 50.1 Å². The molecular formula is C12H8BrClFIN2O. The normalized spacial score (nSPS) is 10.8. The third kappa shape index (κ3) is 3.42. The Labute approximate surface area is 136 Å². The highest BCUT2D eigenvalue weighted by molar-refractivity contribution is 14.1. The molecule has 0 unspecified atom stereocenters. The second-order valence-electron chi connectivity index (χ2n) is 3.66. The van der Waals surface area contributed by atoms with Crippen molar-refractivity contribution in [2.75, 3.05) is 7.11 Å². The Morgan fingerprint density at radius 3 is 2.79 bits per heavy atom. The number of hydrogen-bond acceptors (Lipinski definition) is 3. The number of nitrogens with zero attached hydrogens (tertiary/aromatic N) is 2. The van der Waals surface area contributed by atoms with Gasteiger partial charge in [-0.1, -0.05) is 11.6 Å². The van der Waals surface area contributed by atoms with Gasteiger partial charge in [0.2, 0.25) is 0 Å². The highest BCUT2D eigenvalue weighted by Crippen LogP contribution is 2.29. The van der Waals surface area contributed by atoms with E-state index in [1.165, 1.54) is 12.1 Å². The van der Waals surface area contributed by atoms with E-state index < -0.39 is 0 Å². The van der Waals surface area contributed by atoms with Gasteiger partial charge in [0.05, 0.1) is 15.9 Å². The van der Waals surface area contributed by atoms with E-state index in [4.69, 9.17) is 16.3 Å². The Balaban J connectivity index is 2.56. The Hall–Kier alpha value is -0.310. The van der Waals surface area contributed by atoms with Crippen LogP contribution in [0.5, 0.6) is 0 Å². The van der Waals surface area contributed by atoms with Crippen LogP contribution in [0.3, 0.4) is 0 Å². The van der Waals surface area contributed by atoms with E-state index in [1.807, 2.05) is 0 Å². The monoisotopic (exact) mass is 456 g/mol. The van der Waals surface area contributed by atoms with Crippen LogP contribution in [0.25, 0.3) is 11.4 Å². The minimum absolute atomic E-state index is 0.329. The zero-order chi connectivity index (χ0) is 14.0. The van der Waals surface area contributed by atoms with Crippen LogP contribution in [0.1, 0.15) is 5.69 Å².